The number of rotatable bonds is 5. The van der Waals surface area contributed by atoms with Crippen molar-refractivity contribution in [2.75, 3.05) is 0 Å². The minimum atomic E-state index is -1.11. The standard InChI is InChI=1S/C17H16N4O2/c1-13-7-9-15(10-8-13)17(18-20-21-19-17)11-16(22)23-12-14-5-3-2-4-6-14/h2-10H,11-12H2,1H3. The van der Waals surface area contributed by atoms with Crippen LogP contribution in [0.5, 0.6) is 0 Å². The molecule has 6 nitrogen and oxygen atoms in total. The van der Waals surface area contributed by atoms with Gasteiger partial charge in [0.05, 0.1) is 6.42 Å². The molecule has 0 N–H and O–H groups in total. The fourth-order valence-electron chi connectivity index (χ4n) is 2.31. The summed E-state index contributed by atoms with van der Waals surface area (Å²) in [6.07, 6.45) is -0.0319. The van der Waals surface area contributed by atoms with E-state index in [1.807, 2.05) is 61.5 Å². The number of carbonyl (C=O) groups is 1. The molecule has 0 bridgehead atoms. The van der Waals surface area contributed by atoms with Gasteiger partial charge in [0.15, 0.2) is 0 Å². The van der Waals surface area contributed by atoms with Crippen LogP contribution in [0.2, 0.25) is 0 Å². The minimum absolute atomic E-state index is 0.0319. The van der Waals surface area contributed by atoms with Gasteiger partial charge in [0.1, 0.15) is 6.61 Å². The van der Waals surface area contributed by atoms with Crippen molar-refractivity contribution in [3.63, 3.8) is 0 Å². The second-order valence-corrected chi connectivity index (χ2v) is 5.38. The van der Waals surface area contributed by atoms with Crippen LogP contribution in [0, 0.1) is 6.92 Å². The fraction of sp³-hybridized carbons (Fsp3) is 0.235. The summed E-state index contributed by atoms with van der Waals surface area (Å²) in [5, 5.41) is 15.3. The number of benzene rings is 2. The third-order valence-corrected chi connectivity index (χ3v) is 3.61. The molecular formula is C17H16N4O2. The molecule has 2 aromatic rings. The van der Waals surface area contributed by atoms with Crippen LogP contribution in [0.1, 0.15) is 23.1 Å². The molecule has 0 saturated carbocycles. The second kappa shape index (κ2) is 6.48. The monoisotopic (exact) mass is 308 g/mol. The lowest BCUT2D eigenvalue weighted by Gasteiger charge is -2.19. The summed E-state index contributed by atoms with van der Waals surface area (Å²) in [6.45, 7) is 2.21. The first kappa shape index (κ1) is 15.0. The van der Waals surface area contributed by atoms with Gasteiger partial charge in [-0.1, -0.05) is 60.2 Å². The van der Waals surface area contributed by atoms with Crippen LogP contribution < -0.4 is 0 Å². The van der Waals surface area contributed by atoms with E-state index in [9.17, 15) is 4.79 Å². The lowest BCUT2D eigenvalue weighted by molar-refractivity contribution is -0.146. The van der Waals surface area contributed by atoms with E-state index in [-0.39, 0.29) is 13.0 Å². The van der Waals surface area contributed by atoms with Crippen LogP contribution in [0.3, 0.4) is 0 Å². The molecule has 0 amide bonds. The summed E-state index contributed by atoms with van der Waals surface area (Å²) in [4.78, 5) is 12.2. The number of carbonyl (C=O) groups excluding carboxylic acids is 1. The van der Waals surface area contributed by atoms with E-state index in [2.05, 4.69) is 20.7 Å². The van der Waals surface area contributed by atoms with Crippen molar-refractivity contribution in [1.82, 2.24) is 0 Å². The molecule has 0 unspecified atom stereocenters. The summed E-state index contributed by atoms with van der Waals surface area (Å²) < 4.78 is 5.32. The third kappa shape index (κ3) is 3.48. The molecule has 0 aliphatic carbocycles. The Labute approximate surface area is 133 Å². The van der Waals surface area contributed by atoms with Crippen molar-refractivity contribution in [2.45, 2.75) is 25.6 Å². The summed E-state index contributed by atoms with van der Waals surface area (Å²) >= 11 is 0. The van der Waals surface area contributed by atoms with Gasteiger partial charge in [-0.2, -0.15) is 0 Å². The van der Waals surface area contributed by atoms with E-state index in [1.54, 1.807) is 0 Å². The molecule has 1 aliphatic rings. The summed E-state index contributed by atoms with van der Waals surface area (Å²) in [5.41, 5.74) is 1.70. The Kier molecular flexibility index (Phi) is 4.23. The molecule has 1 heterocycles. The van der Waals surface area contributed by atoms with Gasteiger partial charge in [0.25, 0.3) is 0 Å². The van der Waals surface area contributed by atoms with Crippen LogP contribution >= 0.6 is 0 Å². The zero-order valence-corrected chi connectivity index (χ0v) is 12.7. The van der Waals surface area contributed by atoms with Gasteiger partial charge >= 0.3 is 5.97 Å². The highest BCUT2D eigenvalue weighted by Crippen LogP contribution is 2.36. The molecular weight excluding hydrogens is 292 g/mol. The van der Waals surface area contributed by atoms with Gasteiger partial charge in [-0.3, -0.25) is 4.79 Å². The molecule has 0 fully saturated rings. The molecule has 0 aromatic heterocycles. The smallest absolute Gasteiger partial charge is 0.311 e. The Morgan fingerprint density at radius 2 is 1.65 bits per heavy atom. The molecule has 0 atom stereocenters. The van der Waals surface area contributed by atoms with Crippen molar-refractivity contribution < 1.29 is 9.53 Å². The highest BCUT2D eigenvalue weighted by Gasteiger charge is 2.38. The molecule has 0 saturated heterocycles. The third-order valence-electron chi connectivity index (χ3n) is 3.61. The number of ether oxygens (including phenoxy) is 1. The predicted molar refractivity (Wildman–Crippen MR) is 83.4 cm³/mol. The molecule has 23 heavy (non-hydrogen) atoms. The molecule has 1 aliphatic heterocycles. The van der Waals surface area contributed by atoms with E-state index >= 15 is 0 Å². The molecule has 0 spiro atoms. The molecule has 0 radical (unpaired) electrons. The van der Waals surface area contributed by atoms with Gasteiger partial charge in [0, 0.05) is 5.56 Å². The lowest BCUT2D eigenvalue weighted by Crippen LogP contribution is -2.24. The van der Waals surface area contributed by atoms with Crippen LogP contribution in [0.15, 0.2) is 75.3 Å². The second-order valence-electron chi connectivity index (χ2n) is 5.38. The normalized spacial score (nSPS) is 14.8. The first-order valence-corrected chi connectivity index (χ1v) is 7.29. The Hall–Kier alpha value is -2.89. The molecule has 6 heteroatoms. The lowest BCUT2D eigenvalue weighted by atomic mass is 9.96. The Morgan fingerprint density at radius 3 is 2.30 bits per heavy atom. The van der Waals surface area contributed by atoms with Crippen molar-refractivity contribution in [3.8, 4) is 0 Å². The number of hydrogen-bond donors (Lipinski definition) is 0. The Morgan fingerprint density at radius 1 is 1.00 bits per heavy atom. The molecule has 3 rings (SSSR count). The molecule has 116 valence electrons. The van der Waals surface area contributed by atoms with E-state index in [4.69, 9.17) is 4.74 Å². The largest absolute Gasteiger partial charge is 0.461 e. The maximum Gasteiger partial charge on any atom is 0.311 e. The van der Waals surface area contributed by atoms with E-state index in [0.29, 0.717) is 0 Å². The average molecular weight is 308 g/mol. The van der Waals surface area contributed by atoms with E-state index in [1.165, 1.54) is 0 Å². The van der Waals surface area contributed by atoms with Crippen molar-refractivity contribution in [1.29, 1.82) is 0 Å². The average Bonchev–Trinajstić information content (AvgIpc) is 3.04. The van der Waals surface area contributed by atoms with Gasteiger partial charge in [-0.25, -0.2) is 0 Å². The van der Waals surface area contributed by atoms with Crippen LogP contribution in [-0.4, -0.2) is 5.97 Å². The van der Waals surface area contributed by atoms with Crippen LogP contribution in [0.25, 0.3) is 0 Å². The summed E-state index contributed by atoms with van der Waals surface area (Å²) in [5.74, 6) is -0.394. The number of nitrogens with zero attached hydrogens (tertiary/aromatic N) is 4. The number of hydrogen-bond acceptors (Lipinski definition) is 6. The topological polar surface area (TPSA) is 75.7 Å². The highest BCUT2D eigenvalue weighted by molar-refractivity contribution is 5.71. The van der Waals surface area contributed by atoms with Gasteiger partial charge < -0.3 is 4.74 Å². The maximum atomic E-state index is 12.2. The van der Waals surface area contributed by atoms with E-state index < -0.39 is 11.6 Å². The van der Waals surface area contributed by atoms with Crippen molar-refractivity contribution >= 4 is 5.97 Å². The maximum absolute atomic E-state index is 12.2. The first-order valence-electron chi connectivity index (χ1n) is 7.29. The summed E-state index contributed by atoms with van der Waals surface area (Å²) in [6, 6.07) is 17.2. The van der Waals surface area contributed by atoms with Gasteiger partial charge in [-0.05, 0) is 22.9 Å². The zero-order valence-electron chi connectivity index (χ0n) is 12.7. The highest BCUT2D eigenvalue weighted by atomic mass is 16.5. The minimum Gasteiger partial charge on any atom is -0.461 e. The van der Waals surface area contributed by atoms with Crippen LogP contribution in [0.4, 0.5) is 0 Å². The molecule has 2 aromatic carbocycles. The van der Waals surface area contributed by atoms with E-state index in [0.717, 1.165) is 16.7 Å². The first-order chi connectivity index (χ1) is 11.2. The Bertz CT molecular complexity index is 727. The SMILES string of the molecule is Cc1ccc(C2(CC(=O)OCc3ccccc3)N=NN=N2)cc1. The predicted octanol–water partition coefficient (Wildman–Crippen LogP) is 4.11. The van der Waals surface area contributed by atoms with Gasteiger partial charge in [-0.15, -0.1) is 10.2 Å². The van der Waals surface area contributed by atoms with Crippen molar-refractivity contribution in [2.24, 2.45) is 20.7 Å². The van der Waals surface area contributed by atoms with Crippen LogP contribution in [-0.2, 0) is 21.8 Å². The zero-order chi connectivity index (χ0) is 16.1. The van der Waals surface area contributed by atoms with Gasteiger partial charge in [0.2, 0.25) is 5.66 Å². The fourth-order valence-corrected chi connectivity index (χ4v) is 2.31. The number of aryl methyl sites for hydroxylation is 1. The Balaban J connectivity index is 1.70. The summed E-state index contributed by atoms with van der Waals surface area (Å²) in [7, 11) is 0. The number of esters is 1. The van der Waals surface area contributed by atoms with Crippen molar-refractivity contribution in [3.05, 3.63) is 71.3 Å². The quantitative estimate of drug-likeness (QED) is 0.779.